The minimum absolute atomic E-state index is 0.329. The maximum Gasteiger partial charge on any atom is 0.320 e. The van der Waals surface area contributed by atoms with Crippen molar-refractivity contribution in [3.63, 3.8) is 0 Å². The van der Waals surface area contributed by atoms with Crippen molar-refractivity contribution in [2.24, 2.45) is 0 Å². The van der Waals surface area contributed by atoms with Gasteiger partial charge in [0.05, 0.1) is 19.1 Å². The van der Waals surface area contributed by atoms with Crippen molar-refractivity contribution in [3.8, 4) is 22.3 Å². The number of rotatable bonds is 6. The SMILES string of the molecule is COc1ccc(CNC(=O)Nc2cc(C)nn2-c2nc(-c3ccco3)cs2)cc1. The summed E-state index contributed by atoms with van der Waals surface area (Å²) in [6.07, 6.45) is 1.60. The number of methoxy groups -OCH3 is 1. The molecule has 0 aliphatic carbocycles. The van der Waals surface area contributed by atoms with Crippen LogP contribution in [0.1, 0.15) is 11.3 Å². The number of ether oxygens (including phenoxy) is 1. The number of hydrogen-bond acceptors (Lipinski definition) is 6. The van der Waals surface area contributed by atoms with E-state index in [1.807, 2.05) is 48.7 Å². The van der Waals surface area contributed by atoms with Gasteiger partial charge < -0.3 is 14.5 Å². The third-order valence-electron chi connectivity index (χ3n) is 4.13. The Morgan fingerprint density at radius 3 is 2.83 bits per heavy atom. The van der Waals surface area contributed by atoms with Gasteiger partial charge in [0.1, 0.15) is 17.3 Å². The van der Waals surface area contributed by atoms with Crippen LogP contribution in [0.4, 0.5) is 10.6 Å². The van der Waals surface area contributed by atoms with Crippen LogP contribution in [-0.2, 0) is 6.54 Å². The molecule has 3 aromatic heterocycles. The van der Waals surface area contributed by atoms with Gasteiger partial charge in [0.25, 0.3) is 0 Å². The van der Waals surface area contributed by atoms with Crippen LogP contribution in [-0.4, -0.2) is 27.9 Å². The van der Waals surface area contributed by atoms with Crippen molar-refractivity contribution in [2.75, 3.05) is 12.4 Å². The molecule has 0 fully saturated rings. The lowest BCUT2D eigenvalue weighted by Gasteiger charge is -2.09. The Balaban J connectivity index is 1.44. The summed E-state index contributed by atoms with van der Waals surface area (Å²) in [4.78, 5) is 16.9. The molecular weight excluding hydrogens is 390 g/mol. The molecule has 0 aliphatic heterocycles. The Morgan fingerprint density at radius 1 is 1.28 bits per heavy atom. The summed E-state index contributed by atoms with van der Waals surface area (Å²) in [5.74, 6) is 1.99. The molecule has 0 aliphatic rings. The highest BCUT2D eigenvalue weighted by Gasteiger charge is 2.15. The number of aromatic nitrogens is 3. The molecule has 0 bridgehead atoms. The molecule has 29 heavy (non-hydrogen) atoms. The van der Waals surface area contributed by atoms with Gasteiger partial charge in [-0.25, -0.2) is 9.78 Å². The second-order valence-electron chi connectivity index (χ2n) is 6.23. The van der Waals surface area contributed by atoms with Crippen molar-refractivity contribution >= 4 is 23.2 Å². The van der Waals surface area contributed by atoms with Gasteiger partial charge in [-0.2, -0.15) is 9.78 Å². The van der Waals surface area contributed by atoms with Crippen LogP contribution >= 0.6 is 11.3 Å². The first-order valence-corrected chi connectivity index (χ1v) is 9.74. The molecular formula is C20H19N5O3S. The van der Waals surface area contributed by atoms with Gasteiger partial charge in [-0.3, -0.25) is 5.32 Å². The Bertz CT molecular complexity index is 1100. The van der Waals surface area contributed by atoms with Gasteiger partial charge in [-0.1, -0.05) is 12.1 Å². The average molecular weight is 409 g/mol. The Labute approximate surface area is 171 Å². The number of hydrogen-bond donors (Lipinski definition) is 2. The van der Waals surface area contributed by atoms with Crippen LogP contribution < -0.4 is 15.4 Å². The minimum atomic E-state index is -0.329. The molecule has 9 heteroatoms. The van der Waals surface area contributed by atoms with Gasteiger partial charge >= 0.3 is 6.03 Å². The topological polar surface area (TPSA) is 94.2 Å². The summed E-state index contributed by atoms with van der Waals surface area (Å²) < 4.78 is 12.1. The van der Waals surface area contributed by atoms with Crippen LogP contribution in [0.2, 0.25) is 0 Å². The number of urea groups is 1. The van der Waals surface area contributed by atoms with Crippen molar-refractivity contribution in [1.82, 2.24) is 20.1 Å². The Hall–Kier alpha value is -3.59. The number of furan rings is 1. The smallest absolute Gasteiger partial charge is 0.320 e. The fourth-order valence-electron chi connectivity index (χ4n) is 2.72. The maximum atomic E-state index is 12.4. The first-order chi connectivity index (χ1) is 14.1. The lowest BCUT2D eigenvalue weighted by Crippen LogP contribution is -2.29. The Kier molecular flexibility index (Phi) is 5.30. The number of nitrogens with one attached hydrogen (secondary N) is 2. The predicted octanol–water partition coefficient (Wildman–Crippen LogP) is 4.23. The molecule has 0 saturated carbocycles. The standard InChI is InChI=1S/C20H19N5O3S/c1-13-10-18(23-19(26)21-11-14-5-7-15(27-2)8-6-14)25(24-13)20-22-16(12-29-20)17-4-3-9-28-17/h3-10,12H,11H2,1-2H3,(H2,21,23,26). The molecule has 148 valence electrons. The van der Waals surface area contributed by atoms with Crippen molar-refractivity contribution in [1.29, 1.82) is 0 Å². The minimum Gasteiger partial charge on any atom is -0.497 e. The first kappa shape index (κ1) is 18.8. The van der Waals surface area contributed by atoms with E-state index in [2.05, 4.69) is 20.7 Å². The van der Waals surface area contributed by atoms with Gasteiger partial charge in [0.2, 0.25) is 5.13 Å². The van der Waals surface area contributed by atoms with Crippen molar-refractivity contribution in [3.05, 3.63) is 65.4 Å². The molecule has 0 unspecified atom stereocenters. The second-order valence-corrected chi connectivity index (χ2v) is 7.07. The monoisotopic (exact) mass is 409 g/mol. The van der Waals surface area contributed by atoms with Gasteiger partial charge in [-0.05, 0) is 36.8 Å². The zero-order chi connectivity index (χ0) is 20.2. The average Bonchev–Trinajstić information content (AvgIpc) is 3.47. The summed E-state index contributed by atoms with van der Waals surface area (Å²) in [5, 5.41) is 12.6. The molecule has 1 aromatic carbocycles. The van der Waals surface area contributed by atoms with Crippen LogP contribution in [0.25, 0.3) is 16.6 Å². The van der Waals surface area contributed by atoms with E-state index in [9.17, 15) is 4.79 Å². The van der Waals surface area contributed by atoms with E-state index in [-0.39, 0.29) is 6.03 Å². The predicted molar refractivity (Wildman–Crippen MR) is 111 cm³/mol. The van der Waals surface area contributed by atoms with Crippen LogP contribution in [0.5, 0.6) is 5.75 Å². The van der Waals surface area contributed by atoms with Crippen molar-refractivity contribution in [2.45, 2.75) is 13.5 Å². The molecule has 2 N–H and O–H groups in total. The summed E-state index contributed by atoms with van der Waals surface area (Å²) in [6, 6.07) is 12.6. The van der Waals surface area contributed by atoms with Gasteiger partial charge in [0, 0.05) is 18.0 Å². The molecule has 0 spiro atoms. The summed E-state index contributed by atoms with van der Waals surface area (Å²) in [6.45, 7) is 2.25. The number of amides is 2. The second kappa shape index (κ2) is 8.19. The zero-order valence-electron chi connectivity index (χ0n) is 15.9. The van der Waals surface area contributed by atoms with Gasteiger partial charge in [0.15, 0.2) is 5.76 Å². The molecule has 0 atom stereocenters. The molecule has 3 heterocycles. The third kappa shape index (κ3) is 4.30. The molecule has 8 nitrogen and oxygen atoms in total. The molecule has 0 radical (unpaired) electrons. The van der Waals surface area contributed by atoms with E-state index in [4.69, 9.17) is 9.15 Å². The number of benzene rings is 1. The van der Waals surface area contributed by atoms with Crippen LogP contribution in [0.3, 0.4) is 0 Å². The number of carbonyl (C=O) groups is 1. The van der Waals surface area contributed by atoms with E-state index in [0.29, 0.717) is 23.3 Å². The number of nitrogens with zero attached hydrogens (tertiary/aromatic N) is 3. The van der Waals surface area contributed by atoms with E-state index in [1.54, 1.807) is 24.1 Å². The highest BCUT2D eigenvalue weighted by Crippen LogP contribution is 2.26. The maximum absolute atomic E-state index is 12.4. The summed E-state index contributed by atoms with van der Waals surface area (Å²) in [7, 11) is 1.62. The summed E-state index contributed by atoms with van der Waals surface area (Å²) in [5.41, 5.74) is 2.46. The third-order valence-corrected chi connectivity index (χ3v) is 4.95. The van der Waals surface area contributed by atoms with Crippen molar-refractivity contribution < 1.29 is 13.9 Å². The highest BCUT2D eigenvalue weighted by molar-refractivity contribution is 7.12. The van der Waals surface area contributed by atoms with E-state index in [0.717, 1.165) is 22.7 Å². The number of anilines is 1. The van der Waals surface area contributed by atoms with Gasteiger partial charge in [-0.15, -0.1) is 11.3 Å². The number of carbonyl (C=O) groups excluding carboxylic acids is 1. The highest BCUT2D eigenvalue weighted by atomic mass is 32.1. The lowest BCUT2D eigenvalue weighted by atomic mass is 10.2. The molecule has 4 aromatic rings. The fraction of sp³-hybridized carbons (Fsp3) is 0.150. The Morgan fingerprint density at radius 2 is 2.10 bits per heavy atom. The number of aryl methyl sites for hydroxylation is 1. The molecule has 2 amide bonds. The number of thiazole rings is 1. The summed E-state index contributed by atoms with van der Waals surface area (Å²) >= 11 is 1.41. The molecule has 0 saturated heterocycles. The van der Waals surface area contributed by atoms with Crippen LogP contribution in [0.15, 0.2) is 58.5 Å². The van der Waals surface area contributed by atoms with E-state index < -0.39 is 0 Å². The largest absolute Gasteiger partial charge is 0.497 e. The lowest BCUT2D eigenvalue weighted by molar-refractivity contribution is 0.251. The first-order valence-electron chi connectivity index (χ1n) is 8.86. The van der Waals surface area contributed by atoms with E-state index in [1.165, 1.54) is 11.3 Å². The fourth-order valence-corrected chi connectivity index (χ4v) is 3.50. The molecule has 4 rings (SSSR count). The van der Waals surface area contributed by atoms with Crippen LogP contribution in [0, 0.1) is 6.92 Å². The van der Waals surface area contributed by atoms with E-state index >= 15 is 0 Å². The quantitative estimate of drug-likeness (QED) is 0.497. The zero-order valence-corrected chi connectivity index (χ0v) is 16.7. The normalized spacial score (nSPS) is 10.7.